The molecule has 2 aromatic carbocycles. The van der Waals surface area contributed by atoms with Gasteiger partial charge in [0.25, 0.3) is 5.91 Å². The van der Waals surface area contributed by atoms with E-state index in [0.29, 0.717) is 10.9 Å². The van der Waals surface area contributed by atoms with Crippen LogP contribution in [0.5, 0.6) is 5.75 Å². The Kier molecular flexibility index (Phi) is 6.31. The molecule has 1 saturated heterocycles. The summed E-state index contributed by atoms with van der Waals surface area (Å²) in [6.45, 7) is -0.641. The summed E-state index contributed by atoms with van der Waals surface area (Å²) in [5.74, 6) is -1.97. The number of rotatable bonds is 6. The maximum atomic E-state index is 13.1. The van der Waals surface area contributed by atoms with Crippen molar-refractivity contribution in [1.29, 1.82) is 0 Å². The fraction of sp³-hybridized carbons (Fsp3) is 0.273. The number of anilines is 1. The van der Waals surface area contributed by atoms with Gasteiger partial charge in [-0.1, -0.05) is 24.3 Å². The molecule has 0 saturated carbocycles. The molecule has 0 bridgehead atoms. The molecule has 0 aliphatic carbocycles. The number of aliphatic hydroxyl groups excluding tert-OH is 4. The number of fused-ring (bicyclic) bond motifs is 1. The molecule has 3 unspecified atom stereocenters. The Morgan fingerprint density at radius 3 is 2.42 bits per heavy atom. The molecule has 1 fully saturated rings. The molecule has 0 spiro atoms. The van der Waals surface area contributed by atoms with Gasteiger partial charge in [0.05, 0.1) is 17.9 Å². The molecule has 2 heterocycles. The fourth-order valence-corrected chi connectivity index (χ4v) is 3.64. The summed E-state index contributed by atoms with van der Waals surface area (Å²) in [5, 5.41) is 52.1. The molecule has 1 aliphatic rings. The number of carbonyl (C=O) groups is 2. The van der Waals surface area contributed by atoms with E-state index in [4.69, 9.17) is 9.47 Å². The highest BCUT2D eigenvalue weighted by molar-refractivity contribution is 6.11. The van der Waals surface area contributed by atoms with E-state index >= 15 is 0 Å². The van der Waals surface area contributed by atoms with Crippen molar-refractivity contribution < 1.29 is 44.6 Å². The predicted octanol–water partition coefficient (Wildman–Crippen LogP) is 0.297. The van der Waals surface area contributed by atoms with E-state index < -0.39 is 49.2 Å². The smallest absolute Gasteiger partial charge is 0.337 e. The van der Waals surface area contributed by atoms with Gasteiger partial charge in [-0.15, -0.1) is 0 Å². The van der Waals surface area contributed by atoms with Crippen molar-refractivity contribution in [3.05, 3.63) is 59.8 Å². The lowest BCUT2D eigenvalue weighted by Crippen LogP contribution is -2.60. The molecule has 4 rings (SSSR count). The number of amides is 1. The number of ether oxygens (including phenoxy) is 2. The first-order valence-corrected chi connectivity index (χ1v) is 10.0. The van der Waals surface area contributed by atoms with E-state index in [9.17, 15) is 35.1 Å². The average Bonchev–Trinajstić information content (AvgIpc) is 3.18. The van der Waals surface area contributed by atoms with Gasteiger partial charge in [0.2, 0.25) is 6.29 Å². The number of carbonyl (C=O) groups excluding carboxylic acids is 1. The highest BCUT2D eigenvalue weighted by atomic mass is 16.7. The van der Waals surface area contributed by atoms with Crippen LogP contribution in [-0.4, -0.2) is 79.7 Å². The molecule has 11 nitrogen and oxygen atoms in total. The first-order valence-electron chi connectivity index (χ1n) is 10.0. The summed E-state index contributed by atoms with van der Waals surface area (Å²) in [7, 11) is 0. The van der Waals surface area contributed by atoms with Crippen LogP contribution < -0.4 is 10.1 Å². The molecule has 1 aromatic heterocycles. The molecule has 1 amide bonds. The maximum absolute atomic E-state index is 13.1. The van der Waals surface area contributed by atoms with E-state index in [-0.39, 0.29) is 22.7 Å². The molecule has 174 valence electrons. The number of aromatic carboxylic acids is 1. The Labute approximate surface area is 186 Å². The van der Waals surface area contributed by atoms with Crippen LogP contribution >= 0.6 is 0 Å². The number of benzene rings is 2. The van der Waals surface area contributed by atoms with Crippen LogP contribution in [0.1, 0.15) is 20.8 Å². The zero-order valence-electron chi connectivity index (χ0n) is 17.1. The second-order valence-electron chi connectivity index (χ2n) is 7.49. The van der Waals surface area contributed by atoms with Crippen molar-refractivity contribution in [3.63, 3.8) is 0 Å². The first-order chi connectivity index (χ1) is 15.8. The van der Waals surface area contributed by atoms with Crippen LogP contribution in [-0.2, 0) is 4.74 Å². The lowest BCUT2D eigenvalue weighted by atomic mass is 9.99. The molecule has 1 aliphatic heterocycles. The van der Waals surface area contributed by atoms with Gasteiger partial charge in [0, 0.05) is 10.9 Å². The summed E-state index contributed by atoms with van der Waals surface area (Å²) >= 11 is 0. The Hall–Kier alpha value is -3.48. The number of aromatic nitrogens is 1. The predicted molar refractivity (Wildman–Crippen MR) is 114 cm³/mol. The molecule has 5 atom stereocenters. The van der Waals surface area contributed by atoms with Crippen LogP contribution in [0.15, 0.2) is 48.5 Å². The average molecular weight is 458 g/mol. The minimum absolute atomic E-state index is 0.0276. The SMILES string of the molecule is O=C(O)c1ccccc1NC(=O)c1[nH]c2ccccc2c1OC1OC(CO)[C@@H](O)C(O)[C@@H]1O. The van der Waals surface area contributed by atoms with Crippen LogP contribution in [0.4, 0.5) is 5.69 Å². The number of nitrogens with one attached hydrogen (secondary N) is 2. The monoisotopic (exact) mass is 458 g/mol. The van der Waals surface area contributed by atoms with Gasteiger partial charge in [-0.25, -0.2) is 4.79 Å². The van der Waals surface area contributed by atoms with Crippen molar-refractivity contribution in [2.24, 2.45) is 0 Å². The highest BCUT2D eigenvalue weighted by Gasteiger charge is 2.45. The summed E-state index contributed by atoms with van der Waals surface area (Å²) in [6, 6.07) is 12.6. The van der Waals surface area contributed by atoms with Crippen molar-refractivity contribution in [1.82, 2.24) is 4.98 Å². The van der Waals surface area contributed by atoms with Gasteiger partial charge in [0.1, 0.15) is 30.1 Å². The van der Waals surface area contributed by atoms with Crippen molar-refractivity contribution in [2.45, 2.75) is 30.7 Å². The quantitative estimate of drug-likeness (QED) is 0.273. The van der Waals surface area contributed by atoms with E-state index in [0.717, 1.165) is 0 Å². The summed E-state index contributed by atoms with van der Waals surface area (Å²) < 4.78 is 11.2. The molecule has 33 heavy (non-hydrogen) atoms. The summed E-state index contributed by atoms with van der Waals surface area (Å²) in [5.41, 5.74) is 0.368. The van der Waals surface area contributed by atoms with Gasteiger partial charge >= 0.3 is 5.97 Å². The Balaban J connectivity index is 1.69. The third-order valence-corrected chi connectivity index (χ3v) is 5.37. The second-order valence-corrected chi connectivity index (χ2v) is 7.49. The van der Waals surface area contributed by atoms with Crippen molar-refractivity contribution in [3.8, 4) is 5.75 Å². The van der Waals surface area contributed by atoms with Crippen molar-refractivity contribution in [2.75, 3.05) is 11.9 Å². The largest absolute Gasteiger partial charge is 0.478 e. The van der Waals surface area contributed by atoms with E-state index in [1.807, 2.05) is 0 Å². The lowest BCUT2D eigenvalue weighted by molar-refractivity contribution is -0.277. The zero-order chi connectivity index (χ0) is 23.7. The number of para-hydroxylation sites is 2. The van der Waals surface area contributed by atoms with Crippen molar-refractivity contribution >= 4 is 28.5 Å². The number of hydrogen-bond donors (Lipinski definition) is 7. The zero-order valence-corrected chi connectivity index (χ0v) is 17.1. The first kappa shape index (κ1) is 22.7. The Bertz CT molecular complexity index is 1180. The molecule has 3 aromatic rings. The third kappa shape index (κ3) is 4.27. The van der Waals surface area contributed by atoms with Crippen LogP contribution in [0.25, 0.3) is 10.9 Å². The van der Waals surface area contributed by atoms with E-state index in [2.05, 4.69) is 10.3 Å². The van der Waals surface area contributed by atoms with Gasteiger partial charge < -0.3 is 45.3 Å². The van der Waals surface area contributed by atoms with Crippen LogP contribution in [0.2, 0.25) is 0 Å². The number of carboxylic acids is 1. The Morgan fingerprint density at radius 2 is 1.70 bits per heavy atom. The standard InChI is InChI=1S/C22H22N2O9/c25-9-14-16(26)17(27)18(28)22(32-14)33-19-10-5-1-3-7-12(10)23-15(19)20(29)24-13-8-4-2-6-11(13)21(30)31/h1-8,14,16-18,22-23,25-28H,9H2,(H,24,29)(H,30,31)/t14?,16-,17?,18+,22?/m1/s1. The van der Waals surface area contributed by atoms with Crippen LogP contribution in [0, 0.1) is 0 Å². The van der Waals surface area contributed by atoms with E-state index in [1.165, 1.54) is 18.2 Å². The Morgan fingerprint density at radius 1 is 1.00 bits per heavy atom. The minimum Gasteiger partial charge on any atom is -0.478 e. The molecular weight excluding hydrogens is 436 g/mol. The molecular formula is C22H22N2O9. The maximum Gasteiger partial charge on any atom is 0.337 e. The number of H-pyrrole nitrogens is 1. The van der Waals surface area contributed by atoms with Gasteiger partial charge in [-0.3, -0.25) is 4.79 Å². The topological polar surface area (TPSA) is 182 Å². The number of aliphatic hydroxyl groups is 4. The second kappa shape index (κ2) is 9.17. The summed E-state index contributed by atoms with van der Waals surface area (Å²) in [6.07, 6.45) is -7.62. The van der Waals surface area contributed by atoms with Gasteiger partial charge in [-0.05, 0) is 24.3 Å². The van der Waals surface area contributed by atoms with Gasteiger partial charge in [-0.2, -0.15) is 0 Å². The van der Waals surface area contributed by atoms with Gasteiger partial charge in [0.15, 0.2) is 5.75 Å². The number of carboxylic acid groups (broad SMARTS) is 1. The summed E-state index contributed by atoms with van der Waals surface area (Å²) in [4.78, 5) is 27.5. The third-order valence-electron chi connectivity index (χ3n) is 5.37. The normalized spacial score (nSPS) is 25.0. The molecule has 7 N–H and O–H groups in total. The van der Waals surface area contributed by atoms with Crippen LogP contribution in [0.3, 0.4) is 0 Å². The fourth-order valence-electron chi connectivity index (χ4n) is 3.64. The highest BCUT2D eigenvalue weighted by Crippen LogP contribution is 2.34. The number of aromatic amines is 1. The minimum atomic E-state index is -1.68. The number of hydrogen-bond acceptors (Lipinski definition) is 8. The molecule has 0 radical (unpaired) electrons. The lowest BCUT2D eigenvalue weighted by Gasteiger charge is -2.39. The molecule has 11 heteroatoms. The van der Waals surface area contributed by atoms with E-state index in [1.54, 1.807) is 30.3 Å².